The summed E-state index contributed by atoms with van der Waals surface area (Å²) in [7, 11) is -3.86. The van der Waals surface area contributed by atoms with Crippen LogP contribution < -0.4 is 14.4 Å². The highest BCUT2D eigenvalue weighted by Gasteiger charge is 2.37. The van der Waals surface area contributed by atoms with Gasteiger partial charge in [0.05, 0.1) is 17.0 Å². The van der Waals surface area contributed by atoms with E-state index in [1.165, 1.54) is 0 Å². The summed E-state index contributed by atoms with van der Waals surface area (Å²) < 4.78 is 34.4. The SMILES string of the molecule is C=CCC[C@@H](C)S(=O)(=O)NC(=O)c1ccc2c(c1)N(C[C@@H]1CC[C@H]1[C@@H](O)/C=C/CCC)CCCCc1nc(Cl)ccc1CO2. The number of carbonyl (C=O) groups is 1. The Morgan fingerprint density at radius 2 is 2.07 bits per heavy atom. The van der Waals surface area contributed by atoms with Crippen LogP contribution in [0.4, 0.5) is 5.69 Å². The van der Waals surface area contributed by atoms with Gasteiger partial charge in [-0.05, 0) is 94.4 Å². The van der Waals surface area contributed by atoms with Crippen molar-refractivity contribution in [1.82, 2.24) is 9.71 Å². The van der Waals surface area contributed by atoms with E-state index in [-0.39, 0.29) is 24.0 Å². The Kier molecular flexibility index (Phi) is 12.3. The largest absolute Gasteiger partial charge is 0.487 e. The molecule has 4 atom stereocenters. The van der Waals surface area contributed by atoms with Gasteiger partial charge in [0.1, 0.15) is 17.5 Å². The summed E-state index contributed by atoms with van der Waals surface area (Å²) in [5, 5.41) is 10.6. The van der Waals surface area contributed by atoms with Crippen LogP contribution >= 0.6 is 11.6 Å². The number of fused-ring (bicyclic) bond motifs is 2. The number of pyridine rings is 1. The molecule has 1 aromatic heterocycles. The molecular weight excluding hydrogens is 598 g/mol. The van der Waals surface area contributed by atoms with Gasteiger partial charge in [0.2, 0.25) is 10.0 Å². The molecule has 2 aliphatic rings. The number of carbonyl (C=O) groups excluding carboxylic acids is 1. The molecule has 0 radical (unpaired) electrons. The molecular formula is C34H46ClN3O5S. The maximum Gasteiger partial charge on any atom is 0.264 e. The summed E-state index contributed by atoms with van der Waals surface area (Å²) in [5.41, 5.74) is 2.85. The quantitative estimate of drug-likeness (QED) is 0.198. The molecule has 1 fully saturated rings. The van der Waals surface area contributed by atoms with Gasteiger partial charge in [0.25, 0.3) is 5.91 Å². The van der Waals surface area contributed by atoms with Crippen LogP contribution in [-0.2, 0) is 23.1 Å². The lowest BCUT2D eigenvalue weighted by atomic mass is 9.70. The average Bonchev–Trinajstić information content (AvgIpc) is 3.01. The van der Waals surface area contributed by atoms with Crippen LogP contribution in [0.1, 0.15) is 86.8 Å². The van der Waals surface area contributed by atoms with Crippen molar-refractivity contribution in [1.29, 1.82) is 0 Å². The van der Waals surface area contributed by atoms with E-state index in [0.29, 0.717) is 36.8 Å². The lowest BCUT2D eigenvalue weighted by Gasteiger charge is -2.42. The van der Waals surface area contributed by atoms with Gasteiger partial charge in [-0.3, -0.25) is 4.79 Å². The molecule has 2 heterocycles. The zero-order valence-electron chi connectivity index (χ0n) is 25.9. The number of nitrogens with zero attached hydrogens (tertiary/aromatic N) is 2. The maximum atomic E-state index is 13.3. The number of halogens is 1. The normalized spacial score (nSPS) is 20.3. The van der Waals surface area contributed by atoms with Gasteiger partial charge in [-0.2, -0.15) is 0 Å². The first-order chi connectivity index (χ1) is 21.1. The van der Waals surface area contributed by atoms with E-state index in [0.717, 1.165) is 61.9 Å². The number of aromatic nitrogens is 1. The molecule has 0 spiro atoms. The Bertz CT molecular complexity index is 1430. The summed E-state index contributed by atoms with van der Waals surface area (Å²) >= 11 is 6.21. The van der Waals surface area contributed by atoms with Crippen LogP contribution in [0, 0.1) is 11.8 Å². The summed E-state index contributed by atoms with van der Waals surface area (Å²) in [6.45, 7) is 9.05. The third-order valence-corrected chi connectivity index (χ3v) is 10.7. The highest BCUT2D eigenvalue weighted by atomic mass is 35.5. The molecule has 8 nitrogen and oxygen atoms in total. The molecule has 1 aliphatic carbocycles. The molecule has 4 rings (SSSR count). The Morgan fingerprint density at radius 3 is 2.80 bits per heavy atom. The minimum Gasteiger partial charge on any atom is -0.487 e. The molecule has 2 N–H and O–H groups in total. The van der Waals surface area contributed by atoms with Crippen molar-refractivity contribution >= 4 is 33.2 Å². The number of nitrogens with one attached hydrogen (secondary N) is 1. The third-order valence-electron chi connectivity index (χ3n) is 8.77. The van der Waals surface area contributed by atoms with Gasteiger partial charge >= 0.3 is 0 Å². The first kappa shape index (κ1) is 34.0. The predicted octanol–water partition coefficient (Wildman–Crippen LogP) is 6.61. The Morgan fingerprint density at radius 1 is 1.25 bits per heavy atom. The first-order valence-corrected chi connectivity index (χ1v) is 17.7. The van der Waals surface area contributed by atoms with Crippen molar-refractivity contribution < 1.29 is 23.1 Å². The highest BCUT2D eigenvalue weighted by Crippen LogP contribution is 2.40. The lowest BCUT2D eigenvalue weighted by Crippen LogP contribution is -2.43. The van der Waals surface area contributed by atoms with E-state index >= 15 is 0 Å². The molecule has 1 amide bonds. The van der Waals surface area contributed by atoms with Gasteiger partial charge in [-0.1, -0.05) is 49.2 Å². The van der Waals surface area contributed by atoms with Crippen LogP contribution in [0.2, 0.25) is 5.15 Å². The van der Waals surface area contributed by atoms with Gasteiger partial charge < -0.3 is 14.7 Å². The molecule has 44 heavy (non-hydrogen) atoms. The maximum absolute atomic E-state index is 13.3. The smallest absolute Gasteiger partial charge is 0.264 e. The van der Waals surface area contributed by atoms with Crippen molar-refractivity contribution in [2.24, 2.45) is 11.8 Å². The van der Waals surface area contributed by atoms with E-state index in [1.807, 2.05) is 12.1 Å². The van der Waals surface area contributed by atoms with Crippen molar-refractivity contribution in [3.05, 3.63) is 77.1 Å². The number of ether oxygens (including phenoxy) is 1. The van der Waals surface area contributed by atoms with E-state index in [1.54, 1.807) is 37.3 Å². The number of benzene rings is 1. The van der Waals surface area contributed by atoms with Gasteiger partial charge in [-0.25, -0.2) is 18.1 Å². The highest BCUT2D eigenvalue weighted by molar-refractivity contribution is 7.90. The second-order valence-electron chi connectivity index (χ2n) is 12.0. The molecule has 10 heteroatoms. The van der Waals surface area contributed by atoms with Gasteiger partial charge in [0.15, 0.2) is 0 Å². The monoisotopic (exact) mass is 643 g/mol. The second kappa shape index (κ2) is 15.9. The summed E-state index contributed by atoms with van der Waals surface area (Å²) in [4.78, 5) is 20.1. The van der Waals surface area contributed by atoms with Crippen LogP contribution in [0.5, 0.6) is 5.75 Å². The molecule has 2 aromatic rings. The van der Waals surface area contributed by atoms with Crippen molar-refractivity contribution in [3.63, 3.8) is 0 Å². The van der Waals surface area contributed by atoms with E-state index in [4.69, 9.17) is 16.3 Å². The number of rotatable bonds is 12. The fourth-order valence-electron chi connectivity index (χ4n) is 5.84. The lowest BCUT2D eigenvalue weighted by molar-refractivity contribution is 0.0461. The zero-order chi connectivity index (χ0) is 31.7. The minimum atomic E-state index is -3.86. The molecule has 1 aliphatic heterocycles. The van der Waals surface area contributed by atoms with Crippen LogP contribution in [0.15, 0.2) is 55.1 Å². The number of aliphatic hydroxyl groups excluding tert-OH is 1. The standard InChI is InChI=1S/C34H46ClN3O5S/c1-4-6-8-13-31(39)28-17-14-26(28)22-38-20-10-9-12-29-27(16-19-33(35)36-29)23-43-32-18-15-25(21-30(32)38)34(40)37-44(41,42)24(3)11-7-5-2/h5,8,13,15-16,18-19,21,24,26,28,31,39H,2,4,6-7,9-12,14,17,20,22-23H2,1,3H3,(H,37,40)/b13-8+/t24-,26+,28-,31+/m1/s1. The number of hydrogen-bond acceptors (Lipinski definition) is 7. The van der Waals surface area contributed by atoms with Crippen LogP contribution in [-0.4, -0.2) is 48.9 Å². The van der Waals surface area contributed by atoms with Crippen LogP contribution in [0.3, 0.4) is 0 Å². The summed E-state index contributed by atoms with van der Waals surface area (Å²) in [6, 6.07) is 8.78. The molecule has 240 valence electrons. The number of amides is 1. The first-order valence-electron chi connectivity index (χ1n) is 15.8. The Balaban J connectivity index is 1.63. The number of anilines is 1. The zero-order valence-corrected chi connectivity index (χ0v) is 27.5. The molecule has 0 saturated heterocycles. The summed E-state index contributed by atoms with van der Waals surface area (Å²) in [6.07, 6.45) is 12.6. The summed E-state index contributed by atoms with van der Waals surface area (Å²) in [5.74, 6) is 0.367. The fourth-order valence-corrected chi connectivity index (χ4v) is 7.02. The molecule has 0 unspecified atom stereocenters. The van der Waals surface area contributed by atoms with Crippen molar-refractivity contribution in [3.8, 4) is 5.75 Å². The Hall–Kier alpha value is -2.88. The predicted molar refractivity (Wildman–Crippen MR) is 177 cm³/mol. The number of hydrogen-bond donors (Lipinski definition) is 2. The van der Waals surface area contributed by atoms with E-state index in [2.05, 4.69) is 34.2 Å². The number of sulfonamides is 1. The van der Waals surface area contributed by atoms with Gasteiger partial charge in [-0.15, -0.1) is 6.58 Å². The number of aryl methyl sites for hydroxylation is 1. The topological polar surface area (TPSA) is 109 Å². The van der Waals surface area contributed by atoms with E-state index < -0.39 is 27.3 Å². The Labute approximate surface area is 267 Å². The number of aliphatic hydroxyl groups is 1. The van der Waals surface area contributed by atoms with Gasteiger partial charge in [0, 0.05) is 29.9 Å². The minimum absolute atomic E-state index is 0.162. The number of unbranched alkanes of at least 4 members (excludes halogenated alkanes) is 1. The molecule has 1 saturated carbocycles. The fraction of sp³-hybridized carbons (Fsp3) is 0.529. The molecule has 0 bridgehead atoms. The van der Waals surface area contributed by atoms with Crippen LogP contribution in [0.25, 0.3) is 0 Å². The second-order valence-corrected chi connectivity index (χ2v) is 14.5. The third kappa shape index (κ3) is 8.86. The number of allylic oxidation sites excluding steroid dienone is 2. The molecule has 1 aromatic carbocycles. The van der Waals surface area contributed by atoms with Crippen molar-refractivity contribution in [2.75, 3.05) is 18.0 Å². The van der Waals surface area contributed by atoms with E-state index in [9.17, 15) is 18.3 Å². The van der Waals surface area contributed by atoms with Crippen molar-refractivity contribution in [2.45, 2.75) is 89.6 Å². The average molecular weight is 644 g/mol.